The Kier molecular flexibility index (Phi) is 8.30. The summed E-state index contributed by atoms with van der Waals surface area (Å²) < 4.78 is 10.1. The Morgan fingerprint density at radius 2 is 2.04 bits per heavy atom. The highest BCUT2D eigenvalue weighted by molar-refractivity contribution is 6.11. The minimum Gasteiger partial charge on any atom is -0.483 e. The van der Waals surface area contributed by atoms with Crippen molar-refractivity contribution in [3.8, 4) is 0 Å². The van der Waals surface area contributed by atoms with E-state index in [4.69, 9.17) is 14.9 Å². The van der Waals surface area contributed by atoms with Crippen LogP contribution in [0.3, 0.4) is 0 Å². The maximum absolute atomic E-state index is 12.0. The maximum Gasteiger partial charge on any atom is 0.408 e. The van der Waals surface area contributed by atoms with Crippen LogP contribution in [0.2, 0.25) is 0 Å². The van der Waals surface area contributed by atoms with Gasteiger partial charge in [-0.2, -0.15) is 0 Å². The first kappa shape index (κ1) is 22.8. The summed E-state index contributed by atoms with van der Waals surface area (Å²) in [5.74, 6) is -0.489. The number of aromatic nitrogens is 1. The molecule has 0 saturated heterocycles. The van der Waals surface area contributed by atoms with Crippen molar-refractivity contribution in [2.45, 2.75) is 45.8 Å². The summed E-state index contributed by atoms with van der Waals surface area (Å²) in [5.41, 5.74) is -0.0128. The quantitative estimate of drug-likeness (QED) is 0.319. The molecule has 0 aliphatic carbocycles. The van der Waals surface area contributed by atoms with Crippen LogP contribution in [0.15, 0.2) is 30.5 Å². The molecule has 2 N–H and O–H groups in total. The minimum absolute atomic E-state index is 0.146. The third kappa shape index (κ3) is 7.18. The van der Waals surface area contributed by atoms with Gasteiger partial charge in [-0.05, 0) is 45.4 Å². The molecule has 0 aliphatic heterocycles. The lowest BCUT2D eigenvalue weighted by Gasteiger charge is -2.23. The zero-order chi connectivity index (χ0) is 21.3. The Morgan fingerprint density at radius 1 is 1.36 bits per heavy atom. The van der Waals surface area contributed by atoms with Crippen LogP contribution in [0.25, 0.3) is 0 Å². The lowest BCUT2D eigenvalue weighted by Crippen LogP contribution is -2.45. The molecule has 0 aliphatic rings. The number of methoxy groups -OCH3 is 1. The molecule has 1 heterocycles. The van der Waals surface area contributed by atoms with E-state index in [0.717, 1.165) is 4.90 Å². The van der Waals surface area contributed by atoms with E-state index in [0.29, 0.717) is 12.0 Å². The van der Waals surface area contributed by atoms with Crippen molar-refractivity contribution in [1.82, 2.24) is 10.3 Å². The van der Waals surface area contributed by atoms with Crippen molar-refractivity contribution in [1.29, 1.82) is 5.41 Å². The van der Waals surface area contributed by atoms with Gasteiger partial charge in [0.15, 0.2) is 0 Å². The first-order valence-electron chi connectivity index (χ1n) is 8.59. The van der Waals surface area contributed by atoms with Gasteiger partial charge >= 0.3 is 6.09 Å². The number of carbonyl (C=O) groups is 3. The molecule has 1 aromatic rings. The molecule has 0 spiro atoms. The summed E-state index contributed by atoms with van der Waals surface area (Å²) in [6.07, 6.45) is 4.16. The Morgan fingerprint density at radius 3 is 2.50 bits per heavy atom. The average molecular weight is 390 g/mol. The third-order valence-electron chi connectivity index (χ3n) is 3.38. The zero-order valence-corrected chi connectivity index (χ0v) is 16.7. The predicted octanol–water partition coefficient (Wildman–Crippen LogP) is 2.21. The number of alkyl carbamates (subject to hydrolysis) is 1. The van der Waals surface area contributed by atoms with Gasteiger partial charge in [0.2, 0.25) is 12.3 Å². The average Bonchev–Trinajstić information content (AvgIpc) is 2.61. The van der Waals surface area contributed by atoms with Gasteiger partial charge < -0.3 is 14.8 Å². The van der Waals surface area contributed by atoms with Gasteiger partial charge in [-0.1, -0.05) is 12.1 Å². The second-order valence-electron chi connectivity index (χ2n) is 6.81. The smallest absolute Gasteiger partial charge is 0.408 e. The summed E-state index contributed by atoms with van der Waals surface area (Å²) in [6.45, 7) is 6.87. The highest BCUT2D eigenvalue weighted by Gasteiger charge is 2.23. The number of allylic oxidation sites excluding steroid dienone is 1. The van der Waals surface area contributed by atoms with Crippen LogP contribution in [0.4, 0.5) is 10.6 Å². The van der Waals surface area contributed by atoms with Crippen LogP contribution in [-0.2, 0) is 25.5 Å². The van der Waals surface area contributed by atoms with Crippen LogP contribution < -0.4 is 10.2 Å². The molecule has 0 aromatic carbocycles. The van der Waals surface area contributed by atoms with E-state index in [1.54, 1.807) is 33.8 Å². The number of amides is 3. The van der Waals surface area contributed by atoms with Gasteiger partial charge in [0.05, 0.1) is 7.11 Å². The van der Waals surface area contributed by atoms with E-state index in [-0.39, 0.29) is 18.1 Å². The van der Waals surface area contributed by atoms with E-state index in [2.05, 4.69) is 10.3 Å². The Bertz CT molecular complexity index is 738. The summed E-state index contributed by atoms with van der Waals surface area (Å²) in [4.78, 5) is 40.0. The molecular weight excluding hydrogens is 364 g/mol. The lowest BCUT2D eigenvalue weighted by atomic mass is 10.1. The molecule has 9 heteroatoms. The van der Waals surface area contributed by atoms with Crippen molar-refractivity contribution >= 4 is 30.1 Å². The number of rotatable bonds is 7. The standard InChI is InChI=1S/C19H26N4O5/c1-6-7-16(25)23(12-24)15-9-8-13(11-21-15)10-14(17(20)27-5)22-18(26)28-19(2,3)4/h6-9,11-12,14,20H,10H2,1-5H3,(H,22,26)/b7-6+,20-17?/t14-/m0/s1. The largest absolute Gasteiger partial charge is 0.483 e. The summed E-state index contributed by atoms with van der Waals surface area (Å²) in [5, 5.41) is 10.5. The summed E-state index contributed by atoms with van der Waals surface area (Å²) in [7, 11) is 1.34. The number of nitrogens with one attached hydrogen (secondary N) is 2. The van der Waals surface area contributed by atoms with Gasteiger partial charge in [-0.3, -0.25) is 15.0 Å². The Hall–Kier alpha value is -3.23. The van der Waals surface area contributed by atoms with Crippen LogP contribution in [0.5, 0.6) is 0 Å². The van der Waals surface area contributed by atoms with E-state index in [9.17, 15) is 14.4 Å². The van der Waals surface area contributed by atoms with Crippen molar-refractivity contribution in [2.24, 2.45) is 0 Å². The van der Waals surface area contributed by atoms with Crippen LogP contribution in [0, 0.1) is 5.41 Å². The number of ether oxygens (including phenoxy) is 2. The number of hydrogen-bond donors (Lipinski definition) is 2. The number of imide groups is 1. The van der Waals surface area contributed by atoms with Crippen molar-refractivity contribution in [2.75, 3.05) is 12.0 Å². The topological polar surface area (TPSA) is 122 Å². The fourth-order valence-electron chi connectivity index (χ4n) is 2.16. The maximum atomic E-state index is 12.0. The second-order valence-corrected chi connectivity index (χ2v) is 6.81. The Labute approximate surface area is 164 Å². The molecule has 0 radical (unpaired) electrons. The highest BCUT2D eigenvalue weighted by atomic mass is 16.6. The van der Waals surface area contributed by atoms with Crippen molar-refractivity contribution < 1.29 is 23.9 Å². The van der Waals surface area contributed by atoms with Crippen LogP contribution in [-0.4, -0.2) is 48.0 Å². The molecule has 1 aromatic heterocycles. The normalized spacial score (nSPS) is 12.2. The van der Waals surface area contributed by atoms with Crippen LogP contribution >= 0.6 is 0 Å². The van der Waals surface area contributed by atoms with Gasteiger partial charge in [0, 0.05) is 12.6 Å². The van der Waals surface area contributed by atoms with Crippen molar-refractivity contribution in [3.63, 3.8) is 0 Å². The molecule has 152 valence electrons. The van der Waals surface area contributed by atoms with Gasteiger partial charge in [0.25, 0.3) is 5.91 Å². The molecule has 1 rings (SSSR count). The van der Waals surface area contributed by atoms with E-state index < -0.39 is 23.6 Å². The molecule has 0 bridgehead atoms. The monoisotopic (exact) mass is 390 g/mol. The molecule has 0 unspecified atom stereocenters. The number of nitrogens with zero attached hydrogens (tertiary/aromatic N) is 2. The first-order valence-corrected chi connectivity index (χ1v) is 8.59. The molecule has 9 nitrogen and oxygen atoms in total. The lowest BCUT2D eigenvalue weighted by molar-refractivity contribution is -0.118. The van der Waals surface area contributed by atoms with Crippen molar-refractivity contribution in [3.05, 3.63) is 36.0 Å². The van der Waals surface area contributed by atoms with Gasteiger partial charge in [-0.25, -0.2) is 14.7 Å². The molecule has 0 fully saturated rings. The SMILES string of the molecule is C/C=C/C(=O)N(C=O)c1ccc(C[C@H](NC(=O)OC(C)(C)C)C(=N)OC)cn1. The molecule has 3 amide bonds. The fourth-order valence-corrected chi connectivity index (χ4v) is 2.16. The molecule has 28 heavy (non-hydrogen) atoms. The minimum atomic E-state index is -0.765. The van der Waals surface area contributed by atoms with Gasteiger partial charge in [0.1, 0.15) is 17.5 Å². The number of pyridine rings is 1. The molecule has 0 saturated carbocycles. The number of hydrogen-bond acceptors (Lipinski definition) is 7. The molecular formula is C19H26N4O5. The zero-order valence-electron chi connectivity index (χ0n) is 16.7. The van der Waals surface area contributed by atoms with Gasteiger partial charge in [-0.15, -0.1) is 0 Å². The fraction of sp³-hybridized carbons (Fsp3) is 0.421. The number of anilines is 1. The third-order valence-corrected chi connectivity index (χ3v) is 3.38. The van der Waals surface area contributed by atoms with Crippen LogP contribution in [0.1, 0.15) is 33.3 Å². The number of carbonyl (C=O) groups excluding carboxylic acids is 3. The second kappa shape index (κ2) is 10.2. The summed E-state index contributed by atoms with van der Waals surface area (Å²) >= 11 is 0. The molecule has 1 atom stereocenters. The first-order chi connectivity index (χ1) is 13.1. The predicted molar refractivity (Wildman–Crippen MR) is 104 cm³/mol. The highest BCUT2D eigenvalue weighted by Crippen LogP contribution is 2.13. The van der Waals surface area contributed by atoms with E-state index in [1.165, 1.54) is 31.5 Å². The Balaban J connectivity index is 2.92. The summed E-state index contributed by atoms with van der Waals surface area (Å²) in [6, 6.07) is 2.39. The van der Waals surface area contributed by atoms with E-state index in [1.807, 2.05) is 0 Å². The van der Waals surface area contributed by atoms with E-state index >= 15 is 0 Å².